The molecule has 0 aliphatic carbocycles. The highest BCUT2D eigenvalue weighted by molar-refractivity contribution is 6.32. The van der Waals surface area contributed by atoms with Gasteiger partial charge in [0.15, 0.2) is 0 Å². The summed E-state index contributed by atoms with van der Waals surface area (Å²) in [4.78, 5) is 23.8. The zero-order chi connectivity index (χ0) is 25.4. The quantitative estimate of drug-likeness (QED) is 0.344. The Hall–Kier alpha value is -3.72. The molecule has 3 aromatic heterocycles. The lowest BCUT2D eigenvalue weighted by Gasteiger charge is -2.26. The summed E-state index contributed by atoms with van der Waals surface area (Å²) < 4.78 is 9.48. The summed E-state index contributed by atoms with van der Waals surface area (Å²) in [7, 11) is 0. The molecule has 0 fully saturated rings. The van der Waals surface area contributed by atoms with Gasteiger partial charge in [-0.2, -0.15) is 10.1 Å². The van der Waals surface area contributed by atoms with E-state index in [9.17, 15) is 4.79 Å². The van der Waals surface area contributed by atoms with Crippen LogP contribution in [-0.2, 0) is 17.9 Å². The van der Waals surface area contributed by atoms with Crippen LogP contribution in [0.5, 0.6) is 5.75 Å². The third kappa shape index (κ3) is 4.58. The number of hydrogen-bond acceptors (Lipinski definition) is 6. The molecule has 0 radical (unpaired) electrons. The Morgan fingerprint density at radius 1 is 1.11 bits per heavy atom. The van der Waals surface area contributed by atoms with E-state index in [1.54, 1.807) is 26.7 Å². The molecular weight excluding hydrogens is 478 g/mol. The lowest BCUT2D eigenvalue weighted by Crippen LogP contribution is -2.37. The summed E-state index contributed by atoms with van der Waals surface area (Å²) in [6.07, 6.45) is 3.76. The number of nitrogens with zero attached hydrogens (tertiary/aromatic N) is 7. The Morgan fingerprint density at radius 2 is 1.89 bits per heavy atom. The number of carbonyl (C=O) groups is 1. The van der Waals surface area contributed by atoms with E-state index in [4.69, 9.17) is 21.3 Å². The van der Waals surface area contributed by atoms with E-state index in [-0.39, 0.29) is 18.1 Å². The molecule has 0 atom stereocenters. The minimum absolute atomic E-state index is 0.00587. The number of hydrogen-bond donors (Lipinski definition) is 0. The number of aromatic nitrogens is 6. The first-order chi connectivity index (χ1) is 17.3. The first kappa shape index (κ1) is 24.0. The van der Waals surface area contributed by atoms with Crippen LogP contribution in [-0.4, -0.2) is 41.5 Å². The summed E-state index contributed by atoms with van der Waals surface area (Å²) in [6, 6.07) is 11.9. The van der Waals surface area contributed by atoms with Crippen LogP contribution in [0.3, 0.4) is 0 Å². The second-order valence-electron chi connectivity index (χ2n) is 9.28. The van der Waals surface area contributed by atoms with E-state index in [0.717, 1.165) is 22.6 Å². The highest BCUT2D eigenvalue weighted by Gasteiger charge is 2.30. The zero-order valence-corrected chi connectivity index (χ0v) is 21.5. The van der Waals surface area contributed by atoms with Crippen LogP contribution in [0.15, 0.2) is 48.8 Å². The van der Waals surface area contributed by atoms with E-state index in [1.165, 1.54) is 0 Å². The van der Waals surface area contributed by atoms with Gasteiger partial charge in [-0.05, 0) is 45.4 Å². The molecule has 1 aliphatic rings. The summed E-state index contributed by atoms with van der Waals surface area (Å²) in [5, 5.41) is 9.49. The number of benzene rings is 1. The first-order valence-electron chi connectivity index (χ1n) is 12.0. The summed E-state index contributed by atoms with van der Waals surface area (Å²) in [6.45, 7) is 8.87. The smallest absolute Gasteiger partial charge is 0.231 e. The van der Waals surface area contributed by atoms with Crippen LogP contribution in [0.4, 0.5) is 5.95 Å². The van der Waals surface area contributed by atoms with E-state index >= 15 is 0 Å². The number of amides is 1. The molecule has 0 saturated carbocycles. The van der Waals surface area contributed by atoms with Crippen molar-refractivity contribution in [2.24, 2.45) is 0 Å². The number of fused-ring (bicyclic) bond motifs is 1. The number of halogens is 1. The zero-order valence-electron chi connectivity index (χ0n) is 20.7. The Kier molecular flexibility index (Phi) is 6.49. The third-order valence-corrected chi connectivity index (χ3v) is 6.16. The number of anilines is 1. The lowest BCUT2D eigenvalue weighted by molar-refractivity contribution is -0.119. The molecule has 186 valence electrons. The molecule has 1 amide bonds. The molecule has 9 nitrogen and oxygen atoms in total. The van der Waals surface area contributed by atoms with Crippen molar-refractivity contribution in [3.05, 3.63) is 59.4 Å². The predicted octanol–water partition coefficient (Wildman–Crippen LogP) is 5.16. The maximum absolute atomic E-state index is 12.9. The minimum atomic E-state index is 0.00587. The van der Waals surface area contributed by atoms with Gasteiger partial charge >= 0.3 is 0 Å². The Bertz CT molecular complexity index is 1390. The number of ether oxygens (including phenoxy) is 1. The van der Waals surface area contributed by atoms with Crippen LogP contribution in [0, 0.1) is 0 Å². The Labute approximate surface area is 214 Å². The molecule has 1 aromatic carbocycles. The second-order valence-corrected chi connectivity index (χ2v) is 9.69. The average molecular weight is 506 g/mol. The van der Waals surface area contributed by atoms with Crippen molar-refractivity contribution < 1.29 is 9.53 Å². The fourth-order valence-corrected chi connectivity index (χ4v) is 4.45. The van der Waals surface area contributed by atoms with Gasteiger partial charge in [-0.15, -0.1) is 5.10 Å². The van der Waals surface area contributed by atoms with Crippen molar-refractivity contribution in [3.8, 4) is 28.5 Å². The van der Waals surface area contributed by atoms with Gasteiger partial charge in [0.2, 0.25) is 17.7 Å². The topological polar surface area (TPSA) is 91.0 Å². The Balaban J connectivity index is 1.42. The number of rotatable bonds is 7. The molecule has 0 unspecified atom stereocenters. The molecule has 4 heterocycles. The van der Waals surface area contributed by atoms with E-state index < -0.39 is 0 Å². The van der Waals surface area contributed by atoms with E-state index in [0.29, 0.717) is 42.0 Å². The fraction of sp³-hybridized carbons (Fsp3) is 0.346. The molecule has 4 aromatic rings. The van der Waals surface area contributed by atoms with Gasteiger partial charge in [-0.3, -0.25) is 19.4 Å². The highest BCUT2D eigenvalue weighted by atomic mass is 35.5. The standard InChI is InChI=1S/C26H28ClN7O2/c1-16(2)34-24(20(27)14-29-34)25-30-26-32(22(35)11-13-33(26)31-25)15-18-7-9-19(10-8-18)23-21(36-17(3)4)6-5-12-28-23/h5-10,12,14,16-17H,11,13,15H2,1-4H3. The Morgan fingerprint density at radius 3 is 2.61 bits per heavy atom. The van der Waals surface area contributed by atoms with Gasteiger partial charge in [-0.1, -0.05) is 35.9 Å². The van der Waals surface area contributed by atoms with Crippen LogP contribution in [0.2, 0.25) is 5.02 Å². The van der Waals surface area contributed by atoms with Crippen LogP contribution in [0.25, 0.3) is 22.8 Å². The number of pyridine rings is 1. The van der Waals surface area contributed by atoms with Crippen molar-refractivity contribution in [1.29, 1.82) is 0 Å². The first-order valence-corrected chi connectivity index (χ1v) is 12.4. The van der Waals surface area contributed by atoms with E-state index in [1.807, 2.05) is 64.1 Å². The van der Waals surface area contributed by atoms with Crippen molar-refractivity contribution in [2.75, 3.05) is 4.90 Å². The van der Waals surface area contributed by atoms with Crippen molar-refractivity contribution >= 4 is 23.5 Å². The maximum atomic E-state index is 12.9. The minimum Gasteiger partial charge on any atom is -0.489 e. The van der Waals surface area contributed by atoms with Gasteiger partial charge in [0.25, 0.3) is 0 Å². The number of carbonyl (C=O) groups excluding carboxylic acids is 1. The summed E-state index contributed by atoms with van der Waals surface area (Å²) in [5.41, 5.74) is 3.36. The molecule has 5 rings (SSSR count). The van der Waals surface area contributed by atoms with Gasteiger partial charge in [0.05, 0.1) is 30.4 Å². The van der Waals surface area contributed by atoms with Gasteiger partial charge in [0, 0.05) is 24.2 Å². The van der Waals surface area contributed by atoms with Crippen LogP contribution >= 0.6 is 11.6 Å². The van der Waals surface area contributed by atoms with Gasteiger partial charge in [-0.25, -0.2) is 4.68 Å². The third-order valence-electron chi connectivity index (χ3n) is 5.89. The van der Waals surface area contributed by atoms with Gasteiger partial charge < -0.3 is 4.74 Å². The predicted molar refractivity (Wildman–Crippen MR) is 138 cm³/mol. The van der Waals surface area contributed by atoms with Crippen LogP contribution in [0.1, 0.15) is 45.7 Å². The summed E-state index contributed by atoms with van der Waals surface area (Å²) >= 11 is 6.42. The molecular formula is C26H28ClN7O2. The normalized spacial score (nSPS) is 13.5. The SMILES string of the molecule is CC(C)Oc1cccnc1-c1ccc(CN2C(=O)CCn3nc(-c4c(Cl)cnn4C(C)C)nc32)cc1. The van der Waals surface area contributed by atoms with Gasteiger partial charge in [0.1, 0.15) is 17.1 Å². The van der Waals surface area contributed by atoms with Crippen molar-refractivity contribution in [2.45, 2.75) is 59.4 Å². The monoisotopic (exact) mass is 505 g/mol. The largest absolute Gasteiger partial charge is 0.489 e. The second kappa shape index (κ2) is 9.73. The van der Waals surface area contributed by atoms with E-state index in [2.05, 4.69) is 15.2 Å². The highest BCUT2D eigenvalue weighted by Crippen LogP contribution is 2.32. The molecule has 1 aliphatic heterocycles. The molecule has 0 bridgehead atoms. The van der Waals surface area contributed by atoms with Crippen LogP contribution < -0.4 is 9.64 Å². The van der Waals surface area contributed by atoms with Crippen molar-refractivity contribution in [3.63, 3.8) is 0 Å². The maximum Gasteiger partial charge on any atom is 0.231 e. The summed E-state index contributed by atoms with van der Waals surface area (Å²) in [5.74, 6) is 1.72. The van der Waals surface area contributed by atoms with Crippen molar-refractivity contribution in [1.82, 2.24) is 29.5 Å². The number of aryl methyl sites for hydroxylation is 1. The molecule has 36 heavy (non-hydrogen) atoms. The average Bonchev–Trinajstić information content (AvgIpc) is 3.45. The molecule has 0 N–H and O–H groups in total. The lowest BCUT2D eigenvalue weighted by atomic mass is 10.1. The molecule has 0 saturated heterocycles. The molecule has 0 spiro atoms. The molecule has 10 heteroatoms. The fourth-order valence-electron chi connectivity index (χ4n) is 4.24.